The molecule has 2 rings (SSSR count). The number of rotatable bonds is 8. The Bertz CT molecular complexity index is 832. The Morgan fingerprint density at radius 3 is 2.36 bits per heavy atom. The summed E-state index contributed by atoms with van der Waals surface area (Å²) >= 11 is 6.12. The number of aromatic nitrogens is 1. The van der Waals surface area contributed by atoms with Crippen LogP contribution in [0, 0.1) is 20.8 Å². The van der Waals surface area contributed by atoms with Gasteiger partial charge in [-0.1, -0.05) is 18.5 Å². The number of nitrogens with one attached hydrogen (secondary N) is 1. The maximum Gasteiger partial charge on any atom is 0.345 e. The van der Waals surface area contributed by atoms with Gasteiger partial charge in [0, 0.05) is 23.9 Å². The summed E-state index contributed by atoms with van der Waals surface area (Å²) < 4.78 is 16.4. The molecular formula is C21H27ClN2O4. The highest BCUT2D eigenvalue weighted by Crippen LogP contribution is 2.35. The number of methoxy groups -OCH3 is 2. The number of carbonyl (C=O) groups is 1. The number of anilines is 1. The maximum absolute atomic E-state index is 12.6. The summed E-state index contributed by atoms with van der Waals surface area (Å²) in [7, 11) is 2.98. The van der Waals surface area contributed by atoms with Crippen LogP contribution in [0.15, 0.2) is 18.2 Å². The molecule has 0 spiro atoms. The molecule has 0 fully saturated rings. The van der Waals surface area contributed by atoms with Gasteiger partial charge in [-0.3, -0.25) is 0 Å². The summed E-state index contributed by atoms with van der Waals surface area (Å²) in [6.45, 7) is 8.18. The van der Waals surface area contributed by atoms with Crippen molar-refractivity contribution in [2.45, 2.75) is 40.2 Å². The van der Waals surface area contributed by atoms with Crippen molar-refractivity contribution in [2.24, 2.45) is 0 Å². The fraction of sp³-hybridized carbons (Fsp3) is 0.429. The number of aryl methyl sites for hydroxylation is 3. The molecule has 0 radical (unpaired) electrons. The van der Waals surface area contributed by atoms with Gasteiger partial charge in [0.1, 0.15) is 11.3 Å². The van der Waals surface area contributed by atoms with Crippen molar-refractivity contribution in [1.82, 2.24) is 4.98 Å². The van der Waals surface area contributed by atoms with Gasteiger partial charge in [0.05, 0.1) is 19.4 Å². The smallest absolute Gasteiger partial charge is 0.345 e. The predicted molar refractivity (Wildman–Crippen MR) is 111 cm³/mol. The lowest BCUT2D eigenvalue weighted by Gasteiger charge is -2.21. The van der Waals surface area contributed by atoms with Crippen LogP contribution in [0.4, 0.5) is 5.69 Å². The average Bonchev–Trinajstić information content (AvgIpc) is 2.63. The highest BCUT2D eigenvalue weighted by atomic mass is 35.5. The highest BCUT2D eigenvalue weighted by molar-refractivity contribution is 6.30. The molecular weight excluding hydrogens is 380 g/mol. The normalized spacial score (nSPS) is 11.8. The topological polar surface area (TPSA) is 69.7 Å². The third kappa shape index (κ3) is 5.14. The third-order valence-corrected chi connectivity index (χ3v) is 4.57. The van der Waals surface area contributed by atoms with E-state index in [1.54, 1.807) is 13.2 Å². The molecule has 1 unspecified atom stereocenters. The Kier molecular flexibility index (Phi) is 7.66. The van der Waals surface area contributed by atoms with E-state index in [9.17, 15) is 4.79 Å². The second-order valence-electron chi connectivity index (χ2n) is 6.66. The van der Waals surface area contributed by atoms with Crippen molar-refractivity contribution in [1.29, 1.82) is 0 Å². The van der Waals surface area contributed by atoms with Gasteiger partial charge < -0.3 is 19.5 Å². The van der Waals surface area contributed by atoms with E-state index < -0.39 is 5.97 Å². The van der Waals surface area contributed by atoms with Crippen LogP contribution in [0.25, 0.3) is 0 Å². The molecule has 0 bridgehead atoms. The summed E-state index contributed by atoms with van der Waals surface area (Å²) in [6, 6.07) is 5.45. The van der Waals surface area contributed by atoms with Gasteiger partial charge in [-0.2, -0.15) is 0 Å². The van der Waals surface area contributed by atoms with E-state index in [1.807, 2.05) is 39.8 Å². The van der Waals surface area contributed by atoms with Crippen molar-refractivity contribution in [2.75, 3.05) is 26.1 Å². The zero-order valence-corrected chi connectivity index (χ0v) is 17.9. The average molecular weight is 407 g/mol. The minimum Gasteiger partial charge on any atom is -0.465 e. The second-order valence-corrected chi connectivity index (χ2v) is 7.09. The molecule has 1 heterocycles. The summed E-state index contributed by atoms with van der Waals surface area (Å²) in [5.41, 5.74) is 3.26. The van der Waals surface area contributed by atoms with E-state index in [4.69, 9.17) is 25.8 Å². The van der Waals surface area contributed by atoms with Gasteiger partial charge in [0.15, 0.2) is 0 Å². The van der Waals surface area contributed by atoms with Gasteiger partial charge in [-0.05, 0) is 56.5 Å². The number of carbonyl (C=O) groups excluding carboxylic acids is 1. The van der Waals surface area contributed by atoms with Gasteiger partial charge in [-0.25, -0.2) is 9.78 Å². The summed E-state index contributed by atoms with van der Waals surface area (Å²) in [4.78, 5) is 17.0. The summed E-state index contributed by atoms with van der Waals surface area (Å²) in [5, 5.41) is 3.98. The Labute approximate surface area is 171 Å². The lowest BCUT2D eigenvalue weighted by molar-refractivity contribution is 0.0598. The number of hydrogen-bond donors (Lipinski definition) is 1. The van der Waals surface area contributed by atoms with Gasteiger partial charge in [0.25, 0.3) is 0 Å². The van der Waals surface area contributed by atoms with E-state index >= 15 is 0 Å². The fourth-order valence-corrected chi connectivity index (χ4v) is 3.30. The number of ether oxygens (including phenoxy) is 3. The molecule has 1 atom stereocenters. The molecule has 0 aliphatic rings. The minimum absolute atomic E-state index is 0.0297. The number of nitrogens with zero attached hydrogens (tertiary/aromatic N) is 1. The van der Waals surface area contributed by atoms with Crippen molar-refractivity contribution < 1.29 is 19.0 Å². The lowest BCUT2D eigenvalue weighted by Crippen LogP contribution is -2.25. The number of halogens is 1. The zero-order valence-electron chi connectivity index (χ0n) is 17.2. The Balaban J connectivity index is 2.56. The Morgan fingerprint density at radius 2 is 1.82 bits per heavy atom. The molecule has 2 aromatic rings. The molecule has 0 aliphatic heterocycles. The van der Waals surface area contributed by atoms with E-state index in [0.717, 1.165) is 17.5 Å². The third-order valence-electron chi connectivity index (χ3n) is 4.35. The first kappa shape index (κ1) is 22.0. The Hall–Kier alpha value is -2.31. The van der Waals surface area contributed by atoms with Crippen LogP contribution in [-0.2, 0) is 9.47 Å². The molecule has 152 valence electrons. The first-order valence-corrected chi connectivity index (χ1v) is 9.48. The van der Waals surface area contributed by atoms with Crippen LogP contribution in [0.3, 0.4) is 0 Å². The summed E-state index contributed by atoms with van der Waals surface area (Å²) in [5.74, 6) is 0.277. The molecule has 6 nitrogen and oxygen atoms in total. The monoisotopic (exact) mass is 406 g/mol. The fourth-order valence-electron chi connectivity index (χ4n) is 2.97. The number of hydrogen-bond acceptors (Lipinski definition) is 6. The number of pyridine rings is 1. The molecule has 28 heavy (non-hydrogen) atoms. The molecule has 1 N–H and O–H groups in total. The predicted octanol–water partition coefficient (Wildman–Crippen LogP) is 5.08. The van der Waals surface area contributed by atoms with Crippen LogP contribution in [0.5, 0.6) is 11.6 Å². The van der Waals surface area contributed by atoms with Crippen LogP contribution in [0.1, 0.15) is 40.5 Å². The first-order chi connectivity index (χ1) is 13.3. The number of esters is 1. The largest absolute Gasteiger partial charge is 0.465 e. The van der Waals surface area contributed by atoms with Crippen LogP contribution in [0.2, 0.25) is 5.02 Å². The standard InChI is InChI=1S/C21H27ClN2O4/c1-7-16(11-26-5)24-17-10-14(4)23-20(18(17)21(25)27-6)28-19-12(2)8-15(22)9-13(19)3/h8-10,16H,7,11H2,1-6H3,(H,23,24). The molecule has 0 saturated carbocycles. The van der Waals surface area contributed by atoms with Crippen molar-refractivity contribution in [3.05, 3.63) is 45.6 Å². The quantitative estimate of drug-likeness (QED) is 0.617. The van der Waals surface area contributed by atoms with E-state index in [2.05, 4.69) is 10.3 Å². The molecule has 0 amide bonds. The van der Waals surface area contributed by atoms with Crippen molar-refractivity contribution >= 4 is 23.3 Å². The van der Waals surface area contributed by atoms with Crippen LogP contribution >= 0.6 is 11.6 Å². The SMILES string of the molecule is CCC(COC)Nc1cc(C)nc(Oc2c(C)cc(Cl)cc2C)c1C(=O)OC. The van der Waals surface area contributed by atoms with Crippen LogP contribution < -0.4 is 10.1 Å². The minimum atomic E-state index is -0.526. The van der Waals surface area contributed by atoms with E-state index in [-0.39, 0.29) is 17.5 Å². The molecule has 7 heteroatoms. The van der Waals surface area contributed by atoms with Gasteiger partial charge in [0.2, 0.25) is 5.88 Å². The number of benzene rings is 1. The second kappa shape index (κ2) is 9.75. The summed E-state index contributed by atoms with van der Waals surface area (Å²) in [6.07, 6.45) is 0.821. The van der Waals surface area contributed by atoms with Gasteiger partial charge >= 0.3 is 5.97 Å². The molecule has 1 aromatic carbocycles. The lowest BCUT2D eigenvalue weighted by atomic mass is 10.1. The molecule has 0 saturated heterocycles. The first-order valence-electron chi connectivity index (χ1n) is 9.10. The van der Waals surface area contributed by atoms with Crippen molar-refractivity contribution in [3.8, 4) is 11.6 Å². The van der Waals surface area contributed by atoms with E-state index in [1.165, 1.54) is 7.11 Å². The van der Waals surface area contributed by atoms with Crippen LogP contribution in [-0.4, -0.2) is 37.8 Å². The molecule has 0 aliphatic carbocycles. The maximum atomic E-state index is 12.6. The zero-order chi connectivity index (χ0) is 20.8. The highest BCUT2D eigenvalue weighted by Gasteiger charge is 2.24. The van der Waals surface area contributed by atoms with Gasteiger partial charge in [-0.15, -0.1) is 0 Å². The van der Waals surface area contributed by atoms with E-state index in [0.29, 0.717) is 28.8 Å². The van der Waals surface area contributed by atoms with Crippen molar-refractivity contribution in [3.63, 3.8) is 0 Å². The molecule has 1 aromatic heterocycles. The Morgan fingerprint density at radius 1 is 1.18 bits per heavy atom.